The summed E-state index contributed by atoms with van der Waals surface area (Å²) in [5, 5.41) is 0. The van der Waals surface area contributed by atoms with Gasteiger partial charge >= 0.3 is 114 Å². The Morgan fingerprint density at radius 3 is 2.41 bits per heavy atom. The molecule has 2 heteroatoms. The molecule has 0 aliphatic rings. The van der Waals surface area contributed by atoms with Crippen LogP contribution in [-0.2, 0) is 0 Å². The molecular weight excluding hydrogens is 313 g/mol. The minimum absolute atomic E-state index is 1.34. The van der Waals surface area contributed by atoms with E-state index in [0.717, 1.165) is 0 Å². The summed E-state index contributed by atoms with van der Waals surface area (Å²) < 4.78 is 4.59. The van der Waals surface area contributed by atoms with Gasteiger partial charge in [-0.3, -0.25) is 0 Å². The third-order valence-electron chi connectivity index (χ3n) is 3.50. The first-order chi connectivity index (χ1) is 8.29. The van der Waals surface area contributed by atoms with Crippen molar-refractivity contribution in [2.24, 2.45) is 0 Å². The van der Waals surface area contributed by atoms with E-state index in [1.165, 1.54) is 46.5 Å². The first-order valence-electron chi connectivity index (χ1n) is 7.21. The topological polar surface area (TPSA) is 12.9 Å². The number of rotatable bonds is 8. The van der Waals surface area contributed by atoms with Gasteiger partial charge in [-0.1, -0.05) is 0 Å². The molecule has 1 unspecified atom stereocenters. The Balaban J connectivity index is 2.64. The van der Waals surface area contributed by atoms with E-state index in [-0.39, 0.29) is 0 Å². The predicted molar refractivity (Wildman–Crippen MR) is 79.8 cm³/mol. The van der Waals surface area contributed by atoms with Gasteiger partial charge in [0.05, 0.1) is 0 Å². The van der Waals surface area contributed by atoms with Gasteiger partial charge in [0.1, 0.15) is 0 Å². The molecule has 0 N–H and O–H groups in total. The summed E-state index contributed by atoms with van der Waals surface area (Å²) in [5.41, 5.74) is 1.46. The molecule has 1 nitrogen and oxygen atoms in total. The fraction of sp³-hybridized carbons (Fsp3) is 0.667. The molecule has 0 aromatic carbocycles. The monoisotopic (exact) mass is 341 g/mol. The molecule has 0 radical (unpaired) electrons. The standard InChI is InChI=1S/C6H6N.C5H11.C4H9.Sn.H/c1-6-3-2-4-7-5-6;1-3-5-4-2;1-3-4-2;;/h2-4H,1H3;1,3-5H2,2H3;1,3-4H2,2H3;;. The number of unbranched alkanes of at least 4 members (excludes halogenated alkanes) is 3. The van der Waals surface area contributed by atoms with Crippen molar-refractivity contribution in [3.05, 3.63) is 23.9 Å². The van der Waals surface area contributed by atoms with Gasteiger partial charge in [-0.15, -0.1) is 0 Å². The summed E-state index contributed by atoms with van der Waals surface area (Å²) in [6.45, 7) is 6.85. The van der Waals surface area contributed by atoms with Crippen molar-refractivity contribution in [1.82, 2.24) is 4.98 Å². The Hall–Kier alpha value is -0.0513. The SMILES string of the molecule is CCCC[CH2][SnH]([CH2]CCC)[c]1ncccc1C. The Morgan fingerprint density at radius 2 is 1.76 bits per heavy atom. The molecule has 0 amide bonds. The maximum atomic E-state index is 4.70. The van der Waals surface area contributed by atoms with Gasteiger partial charge in [0.15, 0.2) is 0 Å². The summed E-state index contributed by atoms with van der Waals surface area (Å²) in [5.74, 6) is 0. The molecule has 1 rings (SSSR count). The van der Waals surface area contributed by atoms with E-state index in [1.54, 1.807) is 3.71 Å². The third-order valence-corrected chi connectivity index (χ3v) is 13.7. The first kappa shape index (κ1) is 15.0. The molecule has 0 bridgehead atoms. The van der Waals surface area contributed by atoms with E-state index in [9.17, 15) is 0 Å². The fourth-order valence-corrected chi connectivity index (χ4v) is 12.6. The Kier molecular flexibility index (Phi) is 7.91. The van der Waals surface area contributed by atoms with Crippen molar-refractivity contribution in [3.8, 4) is 0 Å². The van der Waals surface area contributed by atoms with Crippen molar-refractivity contribution < 1.29 is 0 Å². The molecule has 0 aliphatic carbocycles. The van der Waals surface area contributed by atoms with Crippen molar-refractivity contribution >= 4 is 23.5 Å². The molecule has 0 aliphatic heterocycles. The quantitative estimate of drug-likeness (QED) is 0.518. The molecular formula is C15H27NSn. The second kappa shape index (κ2) is 8.96. The first-order valence-corrected chi connectivity index (χ1v) is 13.5. The zero-order valence-electron chi connectivity index (χ0n) is 11.7. The predicted octanol–water partition coefficient (Wildman–Crippen LogP) is 3.81. The minimum atomic E-state index is -1.55. The molecule has 0 saturated carbocycles. The summed E-state index contributed by atoms with van der Waals surface area (Å²) in [4.78, 5) is 4.70. The summed E-state index contributed by atoms with van der Waals surface area (Å²) in [6.07, 6.45) is 8.95. The molecule has 1 aromatic heterocycles. The average Bonchev–Trinajstić information content (AvgIpc) is 2.35. The Labute approximate surface area is 114 Å². The van der Waals surface area contributed by atoms with E-state index in [4.69, 9.17) is 4.98 Å². The molecule has 0 spiro atoms. The van der Waals surface area contributed by atoms with Gasteiger partial charge in [-0.2, -0.15) is 0 Å². The zero-order valence-corrected chi connectivity index (χ0v) is 15.0. The molecule has 0 saturated heterocycles. The van der Waals surface area contributed by atoms with Crippen LogP contribution in [0.2, 0.25) is 8.87 Å². The van der Waals surface area contributed by atoms with E-state index < -0.39 is 19.8 Å². The fourth-order valence-electron chi connectivity index (χ4n) is 2.43. The molecule has 96 valence electrons. The molecule has 0 fully saturated rings. The number of nitrogens with zero attached hydrogens (tertiary/aromatic N) is 1. The van der Waals surface area contributed by atoms with Gasteiger partial charge < -0.3 is 0 Å². The number of hydrogen-bond donors (Lipinski definition) is 0. The van der Waals surface area contributed by atoms with Crippen LogP contribution in [-0.4, -0.2) is 24.7 Å². The van der Waals surface area contributed by atoms with Crippen LogP contribution in [0.5, 0.6) is 0 Å². The van der Waals surface area contributed by atoms with Gasteiger partial charge in [0, 0.05) is 0 Å². The van der Waals surface area contributed by atoms with Crippen LogP contribution in [0, 0.1) is 6.92 Å². The van der Waals surface area contributed by atoms with Crippen LogP contribution >= 0.6 is 0 Å². The second-order valence-corrected chi connectivity index (χ2v) is 13.9. The van der Waals surface area contributed by atoms with Crippen molar-refractivity contribution in [1.29, 1.82) is 0 Å². The number of pyridine rings is 1. The van der Waals surface area contributed by atoms with Crippen LogP contribution in [0.15, 0.2) is 18.3 Å². The van der Waals surface area contributed by atoms with Crippen molar-refractivity contribution in [2.75, 3.05) is 0 Å². The zero-order chi connectivity index (χ0) is 12.5. The molecule has 1 heterocycles. The normalized spacial score (nSPS) is 12.6. The van der Waals surface area contributed by atoms with Crippen LogP contribution in [0.3, 0.4) is 0 Å². The van der Waals surface area contributed by atoms with Crippen LogP contribution in [0.25, 0.3) is 0 Å². The van der Waals surface area contributed by atoms with Crippen LogP contribution in [0.1, 0.15) is 51.5 Å². The molecule has 1 aromatic rings. The molecule has 1 atom stereocenters. The third kappa shape index (κ3) is 5.41. The van der Waals surface area contributed by atoms with Gasteiger partial charge in [0.2, 0.25) is 0 Å². The van der Waals surface area contributed by atoms with E-state index in [1.807, 2.05) is 6.20 Å². The van der Waals surface area contributed by atoms with E-state index in [2.05, 4.69) is 32.9 Å². The van der Waals surface area contributed by atoms with Crippen molar-refractivity contribution in [2.45, 2.75) is 61.7 Å². The van der Waals surface area contributed by atoms with Crippen molar-refractivity contribution in [3.63, 3.8) is 0 Å². The average molecular weight is 340 g/mol. The maximum absolute atomic E-state index is 4.70. The molecule has 17 heavy (non-hydrogen) atoms. The van der Waals surface area contributed by atoms with Gasteiger partial charge in [-0.05, 0) is 0 Å². The van der Waals surface area contributed by atoms with Gasteiger partial charge in [-0.25, -0.2) is 0 Å². The van der Waals surface area contributed by atoms with Crippen LogP contribution in [0.4, 0.5) is 0 Å². The summed E-state index contributed by atoms with van der Waals surface area (Å²) >= 11 is -1.55. The second-order valence-electron chi connectivity index (χ2n) is 5.04. The van der Waals surface area contributed by atoms with E-state index >= 15 is 0 Å². The number of aromatic nitrogens is 1. The Morgan fingerprint density at radius 1 is 1.06 bits per heavy atom. The van der Waals surface area contributed by atoms with Gasteiger partial charge in [0.25, 0.3) is 0 Å². The van der Waals surface area contributed by atoms with E-state index in [0.29, 0.717) is 0 Å². The summed E-state index contributed by atoms with van der Waals surface area (Å²) in [6, 6.07) is 4.33. The Bertz CT molecular complexity index is 312. The van der Waals surface area contributed by atoms with Crippen LogP contribution < -0.4 is 3.71 Å². The summed E-state index contributed by atoms with van der Waals surface area (Å²) in [7, 11) is 0. The number of aryl methyl sites for hydroxylation is 1. The number of hydrogen-bond acceptors (Lipinski definition) is 1.